The van der Waals surface area contributed by atoms with Gasteiger partial charge in [-0.1, -0.05) is 12.1 Å². The van der Waals surface area contributed by atoms with E-state index in [1.165, 1.54) is 4.57 Å². The molecule has 2 aliphatic heterocycles. The highest BCUT2D eigenvalue weighted by atomic mass is 16.2. The fourth-order valence-electron chi connectivity index (χ4n) is 4.22. The van der Waals surface area contributed by atoms with Crippen molar-refractivity contribution in [2.24, 2.45) is 13.0 Å². The summed E-state index contributed by atoms with van der Waals surface area (Å²) in [5, 5.41) is 5.41. The molecule has 2 saturated heterocycles. The Balaban J connectivity index is 1.79. The molecule has 8 nitrogen and oxygen atoms in total. The van der Waals surface area contributed by atoms with E-state index in [-0.39, 0.29) is 12.1 Å². The van der Waals surface area contributed by atoms with Gasteiger partial charge in [0.05, 0.1) is 11.0 Å². The monoisotopic (exact) mass is 370 g/mol. The van der Waals surface area contributed by atoms with Crippen LogP contribution in [0, 0.1) is 5.92 Å². The number of benzene rings is 1. The van der Waals surface area contributed by atoms with Gasteiger partial charge in [-0.05, 0) is 49.9 Å². The number of imide groups is 1. The Morgan fingerprint density at radius 2 is 1.85 bits per heavy atom. The molecule has 1 aromatic carbocycles. The Bertz CT molecular complexity index is 997. The van der Waals surface area contributed by atoms with Gasteiger partial charge in [0.2, 0.25) is 5.78 Å². The second-order valence-corrected chi connectivity index (χ2v) is 7.36. The van der Waals surface area contributed by atoms with E-state index in [1.54, 1.807) is 17.7 Å². The number of nitrogens with zero attached hydrogens (tertiary/aromatic N) is 2. The van der Waals surface area contributed by atoms with E-state index >= 15 is 0 Å². The summed E-state index contributed by atoms with van der Waals surface area (Å²) in [6.45, 7) is 2.00. The number of aromatic nitrogens is 2. The number of hydrogen-bond donors (Lipinski definition) is 2. The molecule has 4 rings (SSSR count). The number of rotatable bonds is 3. The van der Waals surface area contributed by atoms with Crippen LogP contribution in [0.2, 0.25) is 0 Å². The maximum atomic E-state index is 12.9. The molecular weight excluding hydrogens is 348 g/mol. The summed E-state index contributed by atoms with van der Waals surface area (Å²) < 4.78 is 2.89. The highest BCUT2D eigenvalue weighted by Gasteiger charge is 2.36. The van der Waals surface area contributed by atoms with Crippen molar-refractivity contribution in [1.29, 1.82) is 0 Å². The molecule has 0 aliphatic carbocycles. The van der Waals surface area contributed by atoms with Gasteiger partial charge in [0.1, 0.15) is 6.04 Å². The fraction of sp³-hybridized carbons (Fsp3) is 0.474. The van der Waals surface area contributed by atoms with Gasteiger partial charge in [0, 0.05) is 13.5 Å². The van der Waals surface area contributed by atoms with Crippen LogP contribution in [-0.2, 0) is 27.9 Å². The van der Waals surface area contributed by atoms with Crippen molar-refractivity contribution in [3.8, 4) is 0 Å². The van der Waals surface area contributed by atoms with Crippen molar-refractivity contribution in [1.82, 2.24) is 19.8 Å². The molecule has 1 atom stereocenters. The molecule has 142 valence electrons. The molecule has 2 N–H and O–H groups in total. The molecule has 0 saturated carbocycles. The number of piperidine rings is 2. The number of hydrogen-bond acceptors (Lipinski definition) is 5. The zero-order valence-corrected chi connectivity index (χ0v) is 15.2. The first kappa shape index (κ1) is 17.7. The number of imidazole rings is 1. The third kappa shape index (κ3) is 2.99. The maximum absolute atomic E-state index is 12.9. The van der Waals surface area contributed by atoms with Crippen LogP contribution >= 0.6 is 0 Å². The van der Waals surface area contributed by atoms with E-state index in [0.717, 1.165) is 43.4 Å². The van der Waals surface area contributed by atoms with Crippen molar-refractivity contribution >= 4 is 28.6 Å². The highest BCUT2D eigenvalue weighted by molar-refractivity contribution is 6.41. The quantitative estimate of drug-likeness (QED) is 0.587. The molecule has 2 aliphatic rings. The van der Waals surface area contributed by atoms with Crippen molar-refractivity contribution in [2.45, 2.75) is 31.7 Å². The first-order valence-corrected chi connectivity index (χ1v) is 9.25. The Kier molecular flexibility index (Phi) is 4.43. The second-order valence-electron chi connectivity index (χ2n) is 7.36. The molecule has 1 unspecified atom stereocenters. The molecule has 3 heterocycles. The number of carbonyl (C=O) groups is 3. The number of para-hydroxylation sites is 1. The first-order valence-electron chi connectivity index (χ1n) is 9.25. The lowest BCUT2D eigenvalue weighted by Gasteiger charge is -2.23. The van der Waals surface area contributed by atoms with Gasteiger partial charge in [-0.2, -0.15) is 0 Å². The lowest BCUT2D eigenvalue weighted by atomic mass is 9.90. The van der Waals surface area contributed by atoms with Gasteiger partial charge < -0.3 is 5.32 Å². The molecule has 1 aromatic heterocycles. The summed E-state index contributed by atoms with van der Waals surface area (Å²) >= 11 is 0. The van der Waals surface area contributed by atoms with Crippen LogP contribution in [0.3, 0.4) is 0 Å². The van der Waals surface area contributed by atoms with Gasteiger partial charge in [-0.3, -0.25) is 28.8 Å². The van der Waals surface area contributed by atoms with Crippen LogP contribution < -0.4 is 16.3 Å². The van der Waals surface area contributed by atoms with Crippen LogP contribution in [0.4, 0.5) is 0 Å². The van der Waals surface area contributed by atoms with E-state index in [4.69, 9.17) is 0 Å². The minimum atomic E-state index is -1.000. The highest BCUT2D eigenvalue weighted by Crippen LogP contribution is 2.27. The number of carbonyl (C=O) groups excluding carboxylic acids is 3. The Morgan fingerprint density at radius 3 is 2.59 bits per heavy atom. The van der Waals surface area contributed by atoms with Crippen molar-refractivity contribution in [3.05, 3.63) is 34.2 Å². The summed E-state index contributed by atoms with van der Waals surface area (Å²) in [5.74, 6) is -1.66. The van der Waals surface area contributed by atoms with Gasteiger partial charge in [-0.25, -0.2) is 4.79 Å². The van der Waals surface area contributed by atoms with Gasteiger partial charge in [0.15, 0.2) is 0 Å². The molecule has 0 radical (unpaired) electrons. The van der Waals surface area contributed by atoms with Gasteiger partial charge in [-0.15, -0.1) is 0 Å². The summed E-state index contributed by atoms with van der Waals surface area (Å²) in [6.07, 6.45) is 2.76. The molecule has 2 amide bonds. The molecule has 2 aromatic rings. The zero-order chi connectivity index (χ0) is 19.1. The van der Waals surface area contributed by atoms with Gasteiger partial charge >= 0.3 is 5.69 Å². The third-order valence-electron chi connectivity index (χ3n) is 5.64. The summed E-state index contributed by atoms with van der Waals surface area (Å²) in [5.41, 5.74) is 2.12. The van der Waals surface area contributed by atoms with Gasteiger partial charge in [0.25, 0.3) is 11.8 Å². The summed E-state index contributed by atoms with van der Waals surface area (Å²) in [6, 6.07) is 4.68. The van der Waals surface area contributed by atoms with E-state index in [9.17, 15) is 19.2 Å². The SMILES string of the molecule is Cn1c(=O)n(C2CC(=O)C(=O)NC2=O)c2cccc(CC3CCNCC3)c21. The van der Waals surface area contributed by atoms with Crippen LogP contribution in [-0.4, -0.2) is 39.8 Å². The molecule has 27 heavy (non-hydrogen) atoms. The predicted molar refractivity (Wildman–Crippen MR) is 98.3 cm³/mol. The minimum absolute atomic E-state index is 0.289. The van der Waals surface area contributed by atoms with E-state index in [1.807, 2.05) is 12.1 Å². The topological polar surface area (TPSA) is 102 Å². The summed E-state index contributed by atoms with van der Waals surface area (Å²) in [7, 11) is 1.68. The van der Waals surface area contributed by atoms with E-state index in [0.29, 0.717) is 11.4 Å². The van der Waals surface area contributed by atoms with Crippen LogP contribution in [0.15, 0.2) is 23.0 Å². The number of aryl methyl sites for hydroxylation is 1. The fourth-order valence-corrected chi connectivity index (χ4v) is 4.22. The normalized spacial score (nSPS) is 21.7. The average Bonchev–Trinajstić information content (AvgIpc) is 2.91. The molecule has 2 fully saturated rings. The molecule has 0 bridgehead atoms. The standard InChI is InChI=1S/C19H22N4O4/c1-22-16-12(9-11-5-7-20-8-6-11)3-2-4-13(16)23(19(22)27)14-10-15(24)18(26)21-17(14)25/h2-4,11,14,20H,5-10H2,1H3,(H,21,25,26). The Hall–Kier alpha value is -2.74. The minimum Gasteiger partial charge on any atom is -0.317 e. The maximum Gasteiger partial charge on any atom is 0.329 e. The second kappa shape index (κ2) is 6.77. The Morgan fingerprint density at radius 1 is 1.11 bits per heavy atom. The average molecular weight is 370 g/mol. The van der Waals surface area contributed by atoms with Crippen molar-refractivity contribution in [3.63, 3.8) is 0 Å². The van der Waals surface area contributed by atoms with Crippen LogP contribution in [0.1, 0.15) is 30.9 Å². The molecular formula is C19H22N4O4. The summed E-state index contributed by atoms with van der Waals surface area (Å²) in [4.78, 5) is 48.4. The smallest absolute Gasteiger partial charge is 0.317 e. The van der Waals surface area contributed by atoms with Crippen LogP contribution in [0.25, 0.3) is 11.0 Å². The third-order valence-corrected chi connectivity index (χ3v) is 5.64. The lowest BCUT2D eigenvalue weighted by Crippen LogP contribution is -2.49. The number of nitrogens with one attached hydrogen (secondary N) is 2. The van der Waals surface area contributed by atoms with Crippen molar-refractivity contribution in [2.75, 3.05) is 13.1 Å². The number of amides is 2. The lowest BCUT2D eigenvalue weighted by molar-refractivity contribution is -0.146. The number of ketones is 1. The number of Topliss-reactive ketones (excluding diaryl/α,β-unsaturated/α-hetero) is 1. The molecule has 0 spiro atoms. The van der Waals surface area contributed by atoms with E-state index in [2.05, 4.69) is 10.6 Å². The Labute approximate surface area is 155 Å². The molecule has 8 heteroatoms. The largest absolute Gasteiger partial charge is 0.329 e. The van der Waals surface area contributed by atoms with Crippen molar-refractivity contribution < 1.29 is 14.4 Å². The van der Waals surface area contributed by atoms with Crippen LogP contribution in [0.5, 0.6) is 0 Å². The van der Waals surface area contributed by atoms with E-state index < -0.39 is 23.6 Å². The number of fused-ring (bicyclic) bond motifs is 1. The zero-order valence-electron chi connectivity index (χ0n) is 15.2. The first-order chi connectivity index (χ1) is 13.0. The predicted octanol–water partition coefficient (Wildman–Crippen LogP) is 0.0388.